The molecule has 0 saturated carbocycles. The molecule has 2 unspecified atom stereocenters. The molecule has 0 spiro atoms. The van der Waals surface area contributed by atoms with Gasteiger partial charge in [-0.15, -0.1) is 34.2 Å². The van der Waals surface area contributed by atoms with Gasteiger partial charge in [-0.05, 0) is 36.7 Å². The van der Waals surface area contributed by atoms with Crippen LogP contribution in [0.5, 0.6) is 0 Å². The largest absolute Gasteiger partial charge is 0.354 e. The van der Waals surface area contributed by atoms with E-state index in [1.807, 2.05) is 18.1 Å². The van der Waals surface area contributed by atoms with E-state index in [0.717, 1.165) is 69.2 Å². The maximum atomic E-state index is 4.89. The molecular weight excluding hydrogens is 459 g/mol. The van der Waals surface area contributed by atoms with E-state index < -0.39 is 0 Å². The average molecular weight is 494 g/mol. The van der Waals surface area contributed by atoms with E-state index in [4.69, 9.17) is 4.99 Å². The Labute approximate surface area is 180 Å². The first-order chi connectivity index (χ1) is 12.1. The number of guanidine groups is 1. The molecule has 0 radical (unpaired) electrons. The number of aromatic nitrogens is 3. The number of aliphatic imine (C=N–C) groups is 1. The average Bonchev–Trinajstić information content (AvgIpc) is 3.03. The van der Waals surface area contributed by atoms with Crippen molar-refractivity contribution < 1.29 is 0 Å². The first-order valence-corrected chi connectivity index (χ1v) is 10.9. The van der Waals surface area contributed by atoms with Crippen LogP contribution in [0.1, 0.15) is 39.4 Å². The van der Waals surface area contributed by atoms with Crippen LogP contribution < -0.4 is 5.32 Å². The lowest BCUT2D eigenvalue weighted by Gasteiger charge is -2.37. The predicted octanol–water partition coefficient (Wildman–Crippen LogP) is 3.14. The third-order valence-corrected chi connectivity index (χ3v) is 5.28. The van der Waals surface area contributed by atoms with Crippen molar-refractivity contribution in [1.29, 1.82) is 0 Å². The molecule has 1 N–H and O–H groups in total. The van der Waals surface area contributed by atoms with Gasteiger partial charge in [0.1, 0.15) is 12.2 Å². The number of likely N-dealkylation sites (tertiary alicyclic amines) is 1. The molecule has 0 bridgehead atoms. The fourth-order valence-corrected chi connectivity index (χ4v) is 3.94. The molecule has 0 amide bonds. The Hall–Kier alpha value is -0.510. The zero-order valence-corrected chi connectivity index (χ0v) is 19.8. The van der Waals surface area contributed by atoms with Gasteiger partial charge < -0.3 is 14.8 Å². The molecule has 1 aromatic heterocycles. The van der Waals surface area contributed by atoms with E-state index in [9.17, 15) is 0 Å². The number of hydrogen-bond acceptors (Lipinski definition) is 4. The molecule has 26 heavy (non-hydrogen) atoms. The lowest BCUT2D eigenvalue weighted by molar-refractivity contribution is 0.208. The van der Waals surface area contributed by atoms with Crippen LogP contribution in [0.25, 0.3) is 0 Å². The first-order valence-electron chi connectivity index (χ1n) is 9.52. The maximum absolute atomic E-state index is 4.89. The molecule has 1 saturated heterocycles. The standard InChI is InChI=1S/C18H34N6S.HI/c1-5-17-22-21-14-23(17)9-8-20-18(19-7-6-10-25-4)24-12-15(2)11-16(3)13-24;/h14-16H,5-13H2,1-4H3,(H,19,20);1H. The van der Waals surface area contributed by atoms with Gasteiger partial charge in [0.05, 0.1) is 0 Å². The topological polar surface area (TPSA) is 58.3 Å². The minimum atomic E-state index is 0. The second-order valence-corrected chi connectivity index (χ2v) is 8.11. The summed E-state index contributed by atoms with van der Waals surface area (Å²) in [5, 5.41) is 11.8. The molecule has 1 aromatic rings. The third-order valence-electron chi connectivity index (χ3n) is 4.58. The highest BCUT2D eigenvalue weighted by molar-refractivity contribution is 14.0. The first kappa shape index (κ1) is 23.5. The third kappa shape index (κ3) is 7.62. The summed E-state index contributed by atoms with van der Waals surface area (Å²) in [7, 11) is 0. The van der Waals surface area contributed by atoms with E-state index >= 15 is 0 Å². The van der Waals surface area contributed by atoms with Crippen molar-refractivity contribution in [3.8, 4) is 0 Å². The second-order valence-electron chi connectivity index (χ2n) is 7.12. The van der Waals surface area contributed by atoms with Crippen LogP contribution in [0.3, 0.4) is 0 Å². The van der Waals surface area contributed by atoms with Crippen molar-refractivity contribution >= 4 is 41.7 Å². The van der Waals surface area contributed by atoms with Crippen LogP contribution in [0.15, 0.2) is 11.3 Å². The van der Waals surface area contributed by atoms with Crippen molar-refractivity contribution in [2.75, 3.05) is 38.2 Å². The molecular formula is C18H35IN6S. The molecule has 2 atom stereocenters. The molecule has 150 valence electrons. The Morgan fingerprint density at radius 2 is 2.08 bits per heavy atom. The molecule has 2 heterocycles. The van der Waals surface area contributed by atoms with Gasteiger partial charge in [0.15, 0.2) is 5.96 Å². The highest BCUT2D eigenvalue weighted by Crippen LogP contribution is 2.20. The van der Waals surface area contributed by atoms with Crippen LogP contribution in [-0.4, -0.2) is 63.8 Å². The van der Waals surface area contributed by atoms with Crippen LogP contribution in [0.2, 0.25) is 0 Å². The summed E-state index contributed by atoms with van der Waals surface area (Å²) in [6.07, 6.45) is 7.34. The Bertz CT molecular complexity index is 526. The number of nitrogens with one attached hydrogen (secondary N) is 1. The summed E-state index contributed by atoms with van der Waals surface area (Å²) in [6, 6.07) is 0. The van der Waals surface area contributed by atoms with E-state index in [1.165, 1.54) is 12.2 Å². The Morgan fingerprint density at radius 3 is 2.73 bits per heavy atom. The molecule has 0 aliphatic carbocycles. The minimum absolute atomic E-state index is 0. The zero-order chi connectivity index (χ0) is 18.1. The van der Waals surface area contributed by atoms with Crippen LogP contribution >= 0.6 is 35.7 Å². The summed E-state index contributed by atoms with van der Waals surface area (Å²) < 4.78 is 2.12. The van der Waals surface area contributed by atoms with E-state index in [0.29, 0.717) is 0 Å². The predicted molar refractivity (Wildman–Crippen MR) is 123 cm³/mol. The number of aryl methyl sites for hydroxylation is 1. The molecule has 6 nitrogen and oxygen atoms in total. The molecule has 1 fully saturated rings. The van der Waals surface area contributed by atoms with Crippen molar-refractivity contribution in [3.63, 3.8) is 0 Å². The summed E-state index contributed by atoms with van der Waals surface area (Å²) in [5.41, 5.74) is 0. The van der Waals surface area contributed by atoms with Crippen LogP contribution in [-0.2, 0) is 13.0 Å². The summed E-state index contributed by atoms with van der Waals surface area (Å²) in [6.45, 7) is 11.6. The second kappa shape index (κ2) is 12.8. The normalized spacial score (nSPS) is 20.8. The van der Waals surface area contributed by atoms with Gasteiger partial charge in [0.25, 0.3) is 0 Å². The van der Waals surface area contributed by atoms with Crippen molar-refractivity contribution in [3.05, 3.63) is 12.2 Å². The minimum Gasteiger partial charge on any atom is -0.354 e. The van der Waals surface area contributed by atoms with Gasteiger partial charge in [-0.25, -0.2) is 0 Å². The number of rotatable bonds is 8. The lowest BCUT2D eigenvalue weighted by atomic mass is 9.92. The Balaban J connectivity index is 0.00000338. The smallest absolute Gasteiger partial charge is 0.194 e. The fraction of sp³-hybridized carbons (Fsp3) is 0.833. The van der Waals surface area contributed by atoms with Crippen molar-refractivity contribution in [2.45, 2.75) is 46.6 Å². The lowest BCUT2D eigenvalue weighted by Crippen LogP contribution is -2.49. The van der Waals surface area contributed by atoms with Crippen LogP contribution in [0.4, 0.5) is 0 Å². The van der Waals surface area contributed by atoms with Gasteiger partial charge in [0.2, 0.25) is 0 Å². The van der Waals surface area contributed by atoms with Gasteiger partial charge in [-0.2, -0.15) is 11.8 Å². The van der Waals surface area contributed by atoms with Gasteiger partial charge in [0, 0.05) is 39.1 Å². The highest BCUT2D eigenvalue weighted by Gasteiger charge is 2.24. The number of piperidine rings is 1. The Kier molecular flexibility index (Phi) is 11.6. The number of thioether (sulfide) groups is 1. The number of hydrogen-bond donors (Lipinski definition) is 1. The number of nitrogens with zero attached hydrogens (tertiary/aromatic N) is 5. The van der Waals surface area contributed by atoms with Gasteiger partial charge in [-0.1, -0.05) is 20.8 Å². The Morgan fingerprint density at radius 1 is 1.35 bits per heavy atom. The summed E-state index contributed by atoms with van der Waals surface area (Å²) >= 11 is 1.89. The van der Waals surface area contributed by atoms with E-state index in [1.54, 1.807) is 0 Å². The molecule has 1 aliphatic rings. The van der Waals surface area contributed by atoms with Gasteiger partial charge in [-0.3, -0.25) is 4.99 Å². The van der Waals surface area contributed by atoms with E-state index in [2.05, 4.69) is 52.0 Å². The maximum Gasteiger partial charge on any atom is 0.194 e. The van der Waals surface area contributed by atoms with Crippen molar-refractivity contribution in [1.82, 2.24) is 25.0 Å². The monoisotopic (exact) mass is 494 g/mol. The molecule has 2 rings (SSSR count). The molecule has 8 heteroatoms. The molecule has 0 aromatic carbocycles. The quantitative estimate of drug-likeness (QED) is 0.261. The summed E-state index contributed by atoms with van der Waals surface area (Å²) in [5.74, 6) is 4.74. The summed E-state index contributed by atoms with van der Waals surface area (Å²) in [4.78, 5) is 7.34. The highest BCUT2D eigenvalue weighted by atomic mass is 127. The van der Waals surface area contributed by atoms with E-state index in [-0.39, 0.29) is 24.0 Å². The SMILES string of the molecule is CCc1nncn1CCNC(=NCCCSC)N1CC(C)CC(C)C1.I. The molecule has 1 aliphatic heterocycles. The zero-order valence-electron chi connectivity index (χ0n) is 16.6. The number of halogens is 1. The van der Waals surface area contributed by atoms with Crippen molar-refractivity contribution in [2.24, 2.45) is 16.8 Å². The van der Waals surface area contributed by atoms with Gasteiger partial charge >= 0.3 is 0 Å². The van der Waals surface area contributed by atoms with Crippen LogP contribution in [0, 0.1) is 11.8 Å². The fourth-order valence-electron chi connectivity index (χ4n) is 3.53.